The molecule has 1 unspecified atom stereocenters. The first kappa shape index (κ1) is 9.92. The third-order valence-electron chi connectivity index (χ3n) is 2.34. The van der Waals surface area contributed by atoms with E-state index in [-0.39, 0.29) is 0 Å². The molecule has 12 heavy (non-hydrogen) atoms. The Labute approximate surface area is 73.5 Å². The van der Waals surface area contributed by atoms with Crippen LogP contribution in [-0.2, 0) is 4.74 Å². The summed E-state index contributed by atoms with van der Waals surface area (Å²) < 4.78 is 4.98. The van der Waals surface area contributed by atoms with Crippen molar-refractivity contribution in [1.29, 1.82) is 0 Å². The van der Waals surface area contributed by atoms with Gasteiger partial charge in [-0.15, -0.1) is 0 Å². The Morgan fingerprint density at radius 3 is 2.83 bits per heavy atom. The van der Waals surface area contributed by atoms with Crippen molar-refractivity contribution in [2.24, 2.45) is 0 Å². The third kappa shape index (κ3) is 2.17. The lowest BCUT2D eigenvalue weighted by atomic mass is 10.2. The van der Waals surface area contributed by atoms with Crippen LogP contribution in [0, 0.1) is 0 Å². The molecule has 0 saturated carbocycles. The van der Waals surface area contributed by atoms with Gasteiger partial charge in [0.2, 0.25) is 5.91 Å². The molecule has 0 aliphatic carbocycles. The molecular formula is C8H18N2O2. The lowest BCUT2D eigenvalue weighted by molar-refractivity contribution is -0.271. The van der Waals surface area contributed by atoms with E-state index >= 15 is 0 Å². The summed E-state index contributed by atoms with van der Waals surface area (Å²) in [4.78, 5) is 1.92. The zero-order valence-electron chi connectivity index (χ0n) is 8.00. The number of nitrogens with zero attached hydrogens (tertiary/aromatic N) is 1. The summed E-state index contributed by atoms with van der Waals surface area (Å²) in [7, 11) is 1.52. The number of nitrogens with one attached hydrogen (secondary N) is 1. The van der Waals surface area contributed by atoms with Crippen molar-refractivity contribution in [1.82, 2.24) is 10.2 Å². The Hall–Kier alpha value is -0.160. The SMILES string of the molecule is COC(C)(O)N1CCN[C@@H](C)C1. The topological polar surface area (TPSA) is 44.7 Å². The summed E-state index contributed by atoms with van der Waals surface area (Å²) in [6, 6.07) is 0.417. The van der Waals surface area contributed by atoms with E-state index in [0.717, 1.165) is 19.6 Å². The Morgan fingerprint density at radius 2 is 2.33 bits per heavy atom. The highest BCUT2D eigenvalue weighted by molar-refractivity contribution is 4.78. The summed E-state index contributed by atoms with van der Waals surface area (Å²) in [5.41, 5.74) is 0. The molecule has 1 saturated heterocycles. The molecule has 72 valence electrons. The highest BCUT2D eigenvalue weighted by Crippen LogP contribution is 2.13. The van der Waals surface area contributed by atoms with Gasteiger partial charge < -0.3 is 15.2 Å². The van der Waals surface area contributed by atoms with Crippen LogP contribution in [0.5, 0.6) is 0 Å². The largest absolute Gasteiger partial charge is 0.353 e. The fraction of sp³-hybridized carbons (Fsp3) is 1.00. The molecule has 1 fully saturated rings. The van der Waals surface area contributed by atoms with Crippen molar-refractivity contribution in [3.63, 3.8) is 0 Å². The van der Waals surface area contributed by atoms with Gasteiger partial charge in [-0.05, 0) is 6.92 Å². The maximum atomic E-state index is 9.74. The van der Waals surface area contributed by atoms with E-state index < -0.39 is 5.91 Å². The van der Waals surface area contributed by atoms with Crippen molar-refractivity contribution in [3.05, 3.63) is 0 Å². The van der Waals surface area contributed by atoms with E-state index in [1.54, 1.807) is 6.92 Å². The predicted molar refractivity (Wildman–Crippen MR) is 46.7 cm³/mol. The van der Waals surface area contributed by atoms with Gasteiger partial charge in [-0.2, -0.15) is 0 Å². The van der Waals surface area contributed by atoms with E-state index in [2.05, 4.69) is 12.2 Å². The average Bonchev–Trinajstić information content (AvgIpc) is 2.05. The summed E-state index contributed by atoms with van der Waals surface area (Å²) >= 11 is 0. The molecule has 0 radical (unpaired) electrons. The highest BCUT2D eigenvalue weighted by atomic mass is 16.6. The quantitative estimate of drug-likeness (QED) is 0.559. The summed E-state index contributed by atoms with van der Waals surface area (Å²) in [5, 5.41) is 13.0. The summed E-state index contributed by atoms with van der Waals surface area (Å²) in [6.45, 7) is 6.32. The molecule has 4 nitrogen and oxygen atoms in total. The zero-order chi connectivity index (χ0) is 9.19. The van der Waals surface area contributed by atoms with Crippen LogP contribution in [0.2, 0.25) is 0 Å². The molecule has 0 spiro atoms. The van der Waals surface area contributed by atoms with Crippen molar-refractivity contribution in [3.8, 4) is 0 Å². The van der Waals surface area contributed by atoms with E-state index in [1.165, 1.54) is 7.11 Å². The molecule has 1 aliphatic rings. The van der Waals surface area contributed by atoms with Crippen LogP contribution in [0.1, 0.15) is 13.8 Å². The van der Waals surface area contributed by atoms with Gasteiger partial charge in [0.25, 0.3) is 0 Å². The molecule has 0 bridgehead atoms. The van der Waals surface area contributed by atoms with Gasteiger partial charge >= 0.3 is 0 Å². The van der Waals surface area contributed by atoms with Crippen LogP contribution in [0.15, 0.2) is 0 Å². The molecule has 2 N–H and O–H groups in total. The zero-order valence-corrected chi connectivity index (χ0v) is 8.00. The van der Waals surface area contributed by atoms with Gasteiger partial charge in [0.1, 0.15) is 0 Å². The molecule has 0 aromatic heterocycles. The molecule has 0 amide bonds. The van der Waals surface area contributed by atoms with Crippen LogP contribution in [0.4, 0.5) is 0 Å². The first-order valence-electron chi connectivity index (χ1n) is 4.32. The molecule has 2 atom stereocenters. The van der Waals surface area contributed by atoms with Crippen molar-refractivity contribution >= 4 is 0 Å². The second-order valence-electron chi connectivity index (χ2n) is 3.44. The molecule has 1 rings (SSSR count). The molecular weight excluding hydrogens is 156 g/mol. The van der Waals surface area contributed by atoms with Crippen molar-refractivity contribution < 1.29 is 9.84 Å². The van der Waals surface area contributed by atoms with Gasteiger partial charge in [0.15, 0.2) is 0 Å². The van der Waals surface area contributed by atoms with E-state index in [1.807, 2.05) is 4.90 Å². The molecule has 0 aromatic carbocycles. The highest BCUT2D eigenvalue weighted by Gasteiger charge is 2.31. The van der Waals surface area contributed by atoms with Crippen LogP contribution in [-0.4, -0.2) is 48.7 Å². The maximum Gasteiger partial charge on any atom is 0.224 e. The standard InChI is InChI=1S/C8H18N2O2/c1-7-6-10(5-4-9-7)8(2,11)12-3/h7,9,11H,4-6H2,1-3H3/t7-,8?/m0/s1. The Balaban J connectivity index is 2.50. The van der Waals surface area contributed by atoms with Crippen molar-refractivity contribution in [2.45, 2.75) is 25.8 Å². The number of hydrogen-bond acceptors (Lipinski definition) is 4. The number of ether oxygens (including phenoxy) is 1. The van der Waals surface area contributed by atoms with Gasteiger partial charge in [-0.1, -0.05) is 0 Å². The summed E-state index contributed by atoms with van der Waals surface area (Å²) in [6.07, 6.45) is 0. The number of hydrogen-bond donors (Lipinski definition) is 2. The third-order valence-corrected chi connectivity index (χ3v) is 2.34. The minimum Gasteiger partial charge on any atom is -0.353 e. The Kier molecular flexibility index (Phi) is 3.06. The number of piperazine rings is 1. The second kappa shape index (κ2) is 3.70. The Bertz CT molecular complexity index is 150. The van der Waals surface area contributed by atoms with Gasteiger partial charge in [-0.25, -0.2) is 0 Å². The van der Waals surface area contributed by atoms with Crippen LogP contribution in [0.3, 0.4) is 0 Å². The number of methoxy groups -OCH3 is 1. The van der Waals surface area contributed by atoms with E-state index in [9.17, 15) is 5.11 Å². The van der Waals surface area contributed by atoms with Gasteiger partial charge in [-0.3, -0.25) is 4.90 Å². The minimum atomic E-state index is -1.11. The van der Waals surface area contributed by atoms with Crippen LogP contribution in [0.25, 0.3) is 0 Å². The fourth-order valence-corrected chi connectivity index (χ4v) is 1.44. The number of aliphatic hydroxyl groups is 1. The monoisotopic (exact) mass is 174 g/mol. The van der Waals surface area contributed by atoms with Crippen LogP contribution < -0.4 is 5.32 Å². The predicted octanol–water partition coefficient (Wildman–Crippen LogP) is -0.407. The molecule has 0 aromatic rings. The van der Waals surface area contributed by atoms with Gasteiger partial charge in [0, 0.05) is 39.7 Å². The minimum absolute atomic E-state index is 0.417. The lowest BCUT2D eigenvalue weighted by Crippen LogP contribution is -2.58. The lowest BCUT2D eigenvalue weighted by Gasteiger charge is -2.40. The Morgan fingerprint density at radius 1 is 1.67 bits per heavy atom. The van der Waals surface area contributed by atoms with E-state index in [0.29, 0.717) is 6.04 Å². The molecule has 1 heterocycles. The maximum absolute atomic E-state index is 9.74. The summed E-state index contributed by atoms with van der Waals surface area (Å²) in [5.74, 6) is -1.11. The fourth-order valence-electron chi connectivity index (χ4n) is 1.44. The van der Waals surface area contributed by atoms with Gasteiger partial charge in [0.05, 0.1) is 0 Å². The second-order valence-corrected chi connectivity index (χ2v) is 3.44. The first-order chi connectivity index (χ1) is 5.56. The van der Waals surface area contributed by atoms with Crippen LogP contribution >= 0.6 is 0 Å². The molecule has 4 heteroatoms. The molecule has 1 aliphatic heterocycles. The van der Waals surface area contributed by atoms with Crippen molar-refractivity contribution in [2.75, 3.05) is 26.7 Å². The average molecular weight is 174 g/mol. The number of rotatable bonds is 2. The van der Waals surface area contributed by atoms with E-state index in [4.69, 9.17) is 4.74 Å². The normalized spacial score (nSPS) is 31.5. The first-order valence-corrected chi connectivity index (χ1v) is 4.32. The smallest absolute Gasteiger partial charge is 0.224 e.